The molecule has 0 bridgehead atoms. The molecule has 2 rings (SSSR count). The van der Waals surface area contributed by atoms with Crippen LogP contribution in [0.3, 0.4) is 0 Å². The van der Waals surface area contributed by atoms with E-state index in [0.29, 0.717) is 18.7 Å². The quantitative estimate of drug-likeness (QED) is 0.867. The van der Waals surface area contributed by atoms with Crippen LogP contribution >= 0.6 is 0 Å². The fourth-order valence-electron chi connectivity index (χ4n) is 1.61. The molecule has 5 heteroatoms. The van der Waals surface area contributed by atoms with Gasteiger partial charge in [-0.2, -0.15) is 0 Å². The second-order valence-electron chi connectivity index (χ2n) is 4.04. The van der Waals surface area contributed by atoms with Gasteiger partial charge >= 0.3 is 0 Å². The fraction of sp³-hybridized carbons (Fsp3) is 0.417. The van der Waals surface area contributed by atoms with Crippen LogP contribution in [0.2, 0.25) is 0 Å². The predicted molar refractivity (Wildman–Crippen MR) is 63.3 cm³/mol. The number of aromatic nitrogens is 4. The summed E-state index contributed by atoms with van der Waals surface area (Å²) < 4.78 is 1.69. The van der Waals surface area contributed by atoms with Crippen LogP contribution in [0, 0.1) is 6.92 Å². The van der Waals surface area contributed by atoms with Crippen LogP contribution in [0.1, 0.15) is 36.5 Å². The SMILES string of the molecule is CCC(O)c1cn(Cc2cccc(C)n2)nn1. The van der Waals surface area contributed by atoms with E-state index in [2.05, 4.69) is 15.3 Å². The zero-order chi connectivity index (χ0) is 12.3. The number of nitrogens with zero attached hydrogens (tertiary/aromatic N) is 4. The van der Waals surface area contributed by atoms with Crippen molar-refractivity contribution >= 4 is 0 Å². The molecule has 5 nitrogen and oxygen atoms in total. The summed E-state index contributed by atoms with van der Waals surface area (Å²) in [6, 6.07) is 5.87. The van der Waals surface area contributed by atoms with E-state index in [-0.39, 0.29) is 0 Å². The van der Waals surface area contributed by atoms with Gasteiger partial charge in [0.2, 0.25) is 0 Å². The molecule has 0 aliphatic heterocycles. The molecule has 0 spiro atoms. The molecule has 0 saturated carbocycles. The number of aryl methyl sites for hydroxylation is 1. The van der Waals surface area contributed by atoms with E-state index >= 15 is 0 Å². The number of rotatable bonds is 4. The number of hydrogen-bond donors (Lipinski definition) is 1. The van der Waals surface area contributed by atoms with Gasteiger partial charge in [-0.3, -0.25) is 4.98 Å². The number of hydrogen-bond acceptors (Lipinski definition) is 4. The van der Waals surface area contributed by atoms with E-state index < -0.39 is 6.10 Å². The van der Waals surface area contributed by atoms with Gasteiger partial charge in [0.05, 0.1) is 24.5 Å². The van der Waals surface area contributed by atoms with Crippen LogP contribution in [0.5, 0.6) is 0 Å². The first-order valence-corrected chi connectivity index (χ1v) is 5.69. The highest BCUT2D eigenvalue weighted by atomic mass is 16.3. The van der Waals surface area contributed by atoms with Crippen LogP contribution in [-0.2, 0) is 6.54 Å². The van der Waals surface area contributed by atoms with Gasteiger partial charge in [0, 0.05) is 5.69 Å². The van der Waals surface area contributed by atoms with Crippen molar-refractivity contribution in [3.63, 3.8) is 0 Å². The van der Waals surface area contributed by atoms with Gasteiger partial charge in [-0.15, -0.1) is 5.10 Å². The summed E-state index contributed by atoms with van der Waals surface area (Å²) >= 11 is 0. The third-order valence-electron chi connectivity index (χ3n) is 2.55. The lowest BCUT2D eigenvalue weighted by Gasteiger charge is -2.02. The smallest absolute Gasteiger partial charge is 0.111 e. The summed E-state index contributed by atoms with van der Waals surface area (Å²) in [5, 5.41) is 17.5. The van der Waals surface area contributed by atoms with Crippen molar-refractivity contribution in [2.75, 3.05) is 0 Å². The van der Waals surface area contributed by atoms with E-state index in [9.17, 15) is 5.11 Å². The molecule has 0 aliphatic rings. The Morgan fingerprint density at radius 2 is 2.24 bits per heavy atom. The highest BCUT2D eigenvalue weighted by Gasteiger charge is 2.09. The molecule has 2 heterocycles. The molecule has 0 radical (unpaired) electrons. The molecule has 0 saturated heterocycles. The molecular formula is C12H16N4O. The van der Waals surface area contributed by atoms with E-state index in [1.165, 1.54) is 0 Å². The maximum Gasteiger partial charge on any atom is 0.111 e. The van der Waals surface area contributed by atoms with Gasteiger partial charge < -0.3 is 5.11 Å². The van der Waals surface area contributed by atoms with Gasteiger partial charge in [-0.05, 0) is 25.5 Å². The zero-order valence-corrected chi connectivity index (χ0v) is 10.0. The lowest BCUT2D eigenvalue weighted by atomic mass is 10.2. The molecule has 0 amide bonds. The van der Waals surface area contributed by atoms with E-state index in [0.717, 1.165) is 11.4 Å². The van der Waals surface area contributed by atoms with Crippen molar-refractivity contribution in [1.29, 1.82) is 0 Å². The summed E-state index contributed by atoms with van der Waals surface area (Å²) in [6.07, 6.45) is 1.87. The lowest BCUT2D eigenvalue weighted by Crippen LogP contribution is -2.03. The number of aliphatic hydroxyl groups excluding tert-OH is 1. The average Bonchev–Trinajstić information content (AvgIpc) is 2.76. The Labute approximate surface area is 100 Å². The molecule has 0 fully saturated rings. The monoisotopic (exact) mass is 232 g/mol. The van der Waals surface area contributed by atoms with Crippen molar-refractivity contribution in [3.8, 4) is 0 Å². The second-order valence-corrected chi connectivity index (χ2v) is 4.04. The first-order chi connectivity index (χ1) is 8.19. The first-order valence-electron chi connectivity index (χ1n) is 5.69. The highest BCUT2D eigenvalue weighted by Crippen LogP contribution is 2.12. The number of aliphatic hydroxyl groups is 1. The summed E-state index contributed by atoms with van der Waals surface area (Å²) in [4.78, 5) is 4.39. The zero-order valence-electron chi connectivity index (χ0n) is 10.0. The molecule has 1 atom stereocenters. The Bertz CT molecular complexity index is 495. The Morgan fingerprint density at radius 1 is 1.41 bits per heavy atom. The molecule has 2 aromatic rings. The van der Waals surface area contributed by atoms with Crippen molar-refractivity contribution in [1.82, 2.24) is 20.0 Å². The average molecular weight is 232 g/mol. The maximum absolute atomic E-state index is 9.62. The lowest BCUT2D eigenvalue weighted by molar-refractivity contribution is 0.168. The molecule has 17 heavy (non-hydrogen) atoms. The van der Waals surface area contributed by atoms with Crippen molar-refractivity contribution in [2.45, 2.75) is 32.9 Å². The minimum atomic E-state index is -0.533. The Hall–Kier alpha value is -1.75. The van der Waals surface area contributed by atoms with Crippen LogP contribution in [0.15, 0.2) is 24.4 Å². The molecule has 1 N–H and O–H groups in total. The molecule has 90 valence electrons. The third kappa shape index (κ3) is 2.88. The standard InChI is InChI=1S/C12H16N4O/c1-3-12(17)11-8-16(15-14-11)7-10-6-4-5-9(2)13-10/h4-6,8,12,17H,3,7H2,1-2H3. The molecule has 0 aliphatic carbocycles. The Balaban J connectivity index is 2.11. The van der Waals surface area contributed by atoms with E-state index in [1.807, 2.05) is 32.0 Å². The Kier molecular flexibility index (Phi) is 3.49. The van der Waals surface area contributed by atoms with Gasteiger partial charge in [-0.1, -0.05) is 18.2 Å². The van der Waals surface area contributed by atoms with E-state index in [4.69, 9.17) is 0 Å². The molecule has 0 aromatic carbocycles. The summed E-state index contributed by atoms with van der Waals surface area (Å²) in [6.45, 7) is 4.44. The van der Waals surface area contributed by atoms with Crippen molar-refractivity contribution in [3.05, 3.63) is 41.5 Å². The topological polar surface area (TPSA) is 63.8 Å². The van der Waals surface area contributed by atoms with Crippen LogP contribution in [-0.4, -0.2) is 25.1 Å². The molecule has 1 unspecified atom stereocenters. The molecule has 2 aromatic heterocycles. The Morgan fingerprint density at radius 3 is 2.94 bits per heavy atom. The normalized spacial score (nSPS) is 12.6. The molecular weight excluding hydrogens is 216 g/mol. The van der Waals surface area contributed by atoms with Gasteiger partial charge in [0.15, 0.2) is 0 Å². The van der Waals surface area contributed by atoms with Crippen molar-refractivity contribution < 1.29 is 5.11 Å². The van der Waals surface area contributed by atoms with Crippen LogP contribution in [0.4, 0.5) is 0 Å². The summed E-state index contributed by atoms with van der Waals surface area (Å²) in [5.74, 6) is 0. The van der Waals surface area contributed by atoms with Gasteiger partial charge in [-0.25, -0.2) is 4.68 Å². The third-order valence-corrected chi connectivity index (χ3v) is 2.55. The highest BCUT2D eigenvalue weighted by molar-refractivity contribution is 5.10. The van der Waals surface area contributed by atoms with Gasteiger partial charge in [0.25, 0.3) is 0 Å². The van der Waals surface area contributed by atoms with E-state index in [1.54, 1.807) is 10.9 Å². The minimum absolute atomic E-state index is 0.533. The first kappa shape index (κ1) is 11.7. The summed E-state index contributed by atoms with van der Waals surface area (Å²) in [7, 11) is 0. The summed E-state index contributed by atoms with van der Waals surface area (Å²) in [5.41, 5.74) is 2.53. The predicted octanol–water partition coefficient (Wildman–Crippen LogP) is 1.47. The maximum atomic E-state index is 9.62. The fourth-order valence-corrected chi connectivity index (χ4v) is 1.61. The largest absolute Gasteiger partial charge is 0.387 e. The van der Waals surface area contributed by atoms with Gasteiger partial charge in [0.1, 0.15) is 5.69 Å². The second kappa shape index (κ2) is 5.05. The van der Waals surface area contributed by atoms with Crippen molar-refractivity contribution in [2.24, 2.45) is 0 Å². The van der Waals surface area contributed by atoms with Crippen LogP contribution < -0.4 is 0 Å². The minimum Gasteiger partial charge on any atom is -0.387 e. The number of pyridine rings is 1. The van der Waals surface area contributed by atoms with Crippen LogP contribution in [0.25, 0.3) is 0 Å².